The number of benzene rings is 1. The molecule has 0 saturated carbocycles. The summed E-state index contributed by atoms with van der Waals surface area (Å²) in [6, 6.07) is 4.07. The van der Waals surface area contributed by atoms with Crippen molar-refractivity contribution in [2.24, 2.45) is 0 Å². The minimum Gasteiger partial charge on any atom is -0.493 e. The zero-order chi connectivity index (χ0) is 19.3. The Balaban J connectivity index is 2.73. The molecule has 0 spiro atoms. The second-order valence-corrected chi connectivity index (χ2v) is 7.55. The van der Waals surface area contributed by atoms with Crippen LogP contribution in [0.15, 0.2) is 23.1 Å². The molecule has 10 heteroatoms. The highest BCUT2D eigenvalue weighted by Gasteiger charge is 2.30. The van der Waals surface area contributed by atoms with Gasteiger partial charge in [0.05, 0.1) is 31.4 Å². The van der Waals surface area contributed by atoms with Gasteiger partial charge in [-0.25, -0.2) is 13.2 Å². The van der Waals surface area contributed by atoms with Gasteiger partial charge in [-0.1, -0.05) is 0 Å². The molecule has 140 valence electrons. The molecule has 0 fully saturated rings. The van der Waals surface area contributed by atoms with Crippen LogP contribution in [0.5, 0.6) is 11.5 Å². The minimum atomic E-state index is -3.76. The van der Waals surface area contributed by atoms with Crippen LogP contribution in [0.4, 0.5) is 0 Å². The number of aliphatic carboxylic acids is 1. The number of aliphatic hydroxyl groups is 1. The smallest absolute Gasteiger partial charge is 0.337 e. The average Bonchev–Trinajstić information content (AvgIpc) is 2.57. The zero-order valence-corrected chi connectivity index (χ0v) is 14.9. The normalized spacial score (nSPS) is 13.6. The van der Waals surface area contributed by atoms with Gasteiger partial charge < -0.3 is 25.0 Å². The SMILES string of the molecule is COc1ccc(S(=O)(=O)CCC(=O)NCC(C)(O)C(=O)O)cc1OC. The van der Waals surface area contributed by atoms with Gasteiger partial charge in [0, 0.05) is 12.5 Å². The van der Waals surface area contributed by atoms with Crippen LogP contribution < -0.4 is 14.8 Å². The van der Waals surface area contributed by atoms with Crippen LogP contribution in [0.2, 0.25) is 0 Å². The molecule has 1 amide bonds. The van der Waals surface area contributed by atoms with E-state index in [1.165, 1.54) is 32.4 Å². The number of rotatable bonds is 9. The van der Waals surface area contributed by atoms with Crippen LogP contribution in [0.3, 0.4) is 0 Å². The van der Waals surface area contributed by atoms with Crippen LogP contribution in [0.1, 0.15) is 13.3 Å². The Bertz CT molecular complexity index is 742. The fourth-order valence-corrected chi connectivity index (χ4v) is 3.04. The molecular formula is C15H21NO8S. The Morgan fingerprint density at radius 3 is 2.32 bits per heavy atom. The van der Waals surface area contributed by atoms with Gasteiger partial charge in [0.25, 0.3) is 0 Å². The van der Waals surface area contributed by atoms with E-state index in [0.29, 0.717) is 5.75 Å². The lowest BCUT2D eigenvalue weighted by Gasteiger charge is -2.18. The molecule has 0 radical (unpaired) electrons. The molecule has 0 bridgehead atoms. The first-order chi connectivity index (χ1) is 11.5. The third kappa shape index (κ3) is 5.61. The molecular weight excluding hydrogens is 354 g/mol. The minimum absolute atomic E-state index is 0.0320. The highest BCUT2D eigenvalue weighted by molar-refractivity contribution is 7.91. The maximum Gasteiger partial charge on any atom is 0.337 e. The van der Waals surface area contributed by atoms with Crippen molar-refractivity contribution in [2.75, 3.05) is 26.5 Å². The summed E-state index contributed by atoms with van der Waals surface area (Å²) in [5.41, 5.74) is -2.13. The van der Waals surface area contributed by atoms with Crippen molar-refractivity contribution in [1.82, 2.24) is 5.32 Å². The topological polar surface area (TPSA) is 139 Å². The Morgan fingerprint density at radius 2 is 1.80 bits per heavy atom. The van der Waals surface area contributed by atoms with Crippen LogP contribution in [0, 0.1) is 0 Å². The van der Waals surface area contributed by atoms with Crippen molar-refractivity contribution in [3.63, 3.8) is 0 Å². The van der Waals surface area contributed by atoms with Crippen molar-refractivity contribution >= 4 is 21.7 Å². The zero-order valence-electron chi connectivity index (χ0n) is 14.1. The van der Waals surface area contributed by atoms with E-state index in [4.69, 9.17) is 14.6 Å². The molecule has 1 atom stereocenters. The van der Waals surface area contributed by atoms with Gasteiger partial charge in [0.15, 0.2) is 26.9 Å². The summed E-state index contributed by atoms with van der Waals surface area (Å²) in [7, 11) is -0.968. The van der Waals surface area contributed by atoms with Crippen molar-refractivity contribution in [1.29, 1.82) is 0 Å². The first-order valence-corrected chi connectivity index (χ1v) is 8.86. The molecule has 0 heterocycles. The first kappa shape index (κ1) is 20.7. The number of carboxylic acids is 1. The molecule has 9 nitrogen and oxygen atoms in total. The monoisotopic (exact) mass is 375 g/mol. The third-order valence-electron chi connectivity index (χ3n) is 3.40. The van der Waals surface area contributed by atoms with Gasteiger partial charge in [-0.05, 0) is 19.1 Å². The molecule has 0 aromatic heterocycles. The third-order valence-corrected chi connectivity index (χ3v) is 5.12. The fourth-order valence-electron chi connectivity index (χ4n) is 1.79. The van der Waals surface area contributed by atoms with E-state index in [1.807, 2.05) is 0 Å². The molecule has 0 aliphatic carbocycles. The van der Waals surface area contributed by atoms with E-state index in [9.17, 15) is 23.1 Å². The number of amides is 1. The summed E-state index contributed by atoms with van der Waals surface area (Å²) in [6.45, 7) is 0.494. The second-order valence-electron chi connectivity index (χ2n) is 5.44. The number of ether oxygens (including phenoxy) is 2. The molecule has 1 aromatic rings. The highest BCUT2D eigenvalue weighted by Crippen LogP contribution is 2.29. The predicted molar refractivity (Wildman–Crippen MR) is 87.5 cm³/mol. The van der Waals surface area contributed by atoms with E-state index in [1.54, 1.807) is 0 Å². The van der Waals surface area contributed by atoms with Gasteiger partial charge in [-0.15, -0.1) is 0 Å². The van der Waals surface area contributed by atoms with E-state index < -0.39 is 39.6 Å². The van der Waals surface area contributed by atoms with Gasteiger partial charge >= 0.3 is 5.97 Å². The second kappa shape index (κ2) is 8.17. The van der Waals surface area contributed by atoms with Gasteiger partial charge in [0.1, 0.15) is 0 Å². The molecule has 0 saturated heterocycles. The average molecular weight is 375 g/mol. The Morgan fingerprint density at radius 1 is 1.20 bits per heavy atom. The first-order valence-electron chi connectivity index (χ1n) is 7.21. The highest BCUT2D eigenvalue weighted by atomic mass is 32.2. The molecule has 3 N–H and O–H groups in total. The van der Waals surface area contributed by atoms with Crippen molar-refractivity contribution in [2.45, 2.75) is 23.8 Å². The molecule has 1 rings (SSSR count). The molecule has 0 aliphatic rings. The molecule has 0 aliphatic heterocycles. The molecule has 25 heavy (non-hydrogen) atoms. The largest absolute Gasteiger partial charge is 0.493 e. The van der Waals surface area contributed by atoms with E-state index in [0.717, 1.165) is 6.92 Å². The van der Waals surface area contributed by atoms with Crippen molar-refractivity contribution < 1.29 is 37.7 Å². The number of methoxy groups -OCH3 is 2. The fraction of sp³-hybridized carbons (Fsp3) is 0.467. The maximum atomic E-state index is 12.3. The summed E-state index contributed by atoms with van der Waals surface area (Å²) >= 11 is 0. The predicted octanol–water partition coefficient (Wildman–Crippen LogP) is -0.181. The van der Waals surface area contributed by atoms with Crippen LogP contribution in [0.25, 0.3) is 0 Å². The lowest BCUT2D eigenvalue weighted by Crippen LogP contribution is -2.46. The van der Waals surface area contributed by atoms with Crippen LogP contribution >= 0.6 is 0 Å². The van der Waals surface area contributed by atoms with Crippen molar-refractivity contribution in [3.8, 4) is 11.5 Å². The number of carbonyl (C=O) groups is 2. The van der Waals surface area contributed by atoms with E-state index in [2.05, 4.69) is 5.32 Å². The Labute approximate surface area is 145 Å². The summed E-state index contributed by atoms with van der Waals surface area (Å²) in [5.74, 6) is -2.05. The van der Waals surface area contributed by atoms with Gasteiger partial charge in [-0.2, -0.15) is 0 Å². The van der Waals surface area contributed by atoms with Crippen LogP contribution in [-0.2, 0) is 19.4 Å². The molecule has 1 aromatic carbocycles. The van der Waals surface area contributed by atoms with Gasteiger partial charge in [-0.3, -0.25) is 4.79 Å². The summed E-state index contributed by atoms with van der Waals surface area (Å²) in [4.78, 5) is 22.4. The van der Waals surface area contributed by atoms with Crippen LogP contribution in [-0.4, -0.2) is 62.6 Å². The lowest BCUT2D eigenvalue weighted by molar-refractivity contribution is -0.156. The quantitative estimate of drug-likeness (QED) is 0.540. The van der Waals surface area contributed by atoms with E-state index >= 15 is 0 Å². The standard InChI is InChI=1S/C15H21NO8S/c1-15(20,14(18)19)9-16-13(17)6-7-25(21,22)10-4-5-11(23-2)12(8-10)24-3/h4-5,8,20H,6-7,9H2,1-3H3,(H,16,17)(H,18,19). The number of sulfone groups is 1. The van der Waals surface area contributed by atoms with E-state index in [-0.39, 0.29) is 17.1 Å². The Hall–Kier alpha value is -2.33. The number of carboxylic acid groups (broad SMARTS) is 1. The number of nitrogens with one attached hydrogen (secondary N) is 1. The summed E-state index contributed by atoms with van der Waals surface area (Å²) < 4.78 is 34.7. The summed E-state index contributed by atoms with van der Waals surface area (Å²) in [6.07, 6.45) is -0.383. The number of hydrogen-bond acceptors (Lipinski definition) is 7. The number of hydrogen-bond donors (Lipinski definition) is 3. The Kier molecular flexibility index (Phi) is 6.77. The lowest BCUT2D eigenvalue weighted by atomic mass is 10.1. The maximum absolute atomic E-state index is 12.3. The summed E-state index contributed by atoms with van der Waals surface area (Å²) in [5, 5.41) is 20.4. The van der Waals surface area contributed by atoms with Gasteiger partial charge in [0.2, 0.25) is 5.91 Å². The van der Waals surface area contributed by atoms with Crippen molar-refractivity contribution in [3.05, 3.63) is 18.2 Å². The number of carbonyl (C=O) groups excluding carboxylic acids is 1. The molecule has 1 unspecified atom stereocenters.